The molecule has 138 valence electrons. The van der Waals surface area contributed by atoms with E-state index in [1.54, 1.807) is 18.5 Å². The molecule has 1 N–H and O–H groups in total. The highest BCUT2D eigenvalue weighted by atomic mass is 16.5. The van der Waals surface area contributed by atoms with Crippen LogP contribution in [0, 0.1) is 0 Å². The van der Waals surface area contributed by atoms with Crippen molar-refractivity contribution in [3.8, 4) is 22.5 Å². The number of aromatic nitrogens is 3. The standard InChI is InChI=1S/C22H18N4O2/c1-23-21-18-12-15(14-5-3-6-16(11-14)22(27)28-2)8-9-19(18)25-20(26-21)17-7-4-10-24-13-17/h3-13H,1-2H3,(H,23,25,26). The highest BCUT2D eigenvalue weighted by molar-refractivity contribution is 5.95. The van der Waals surface area contributed by atoms with Crippen molar-refractivity contribution < 1.29 is 9.53 Å². The van der Waals surface area contributed by atoms with Crippen LogP contribution in [0.5, 0.6) is 0 Å². The lowest BCUT2D eigenvalue weighted by molar-refractivity contribution is 0.0601. The second-order valence-electron chi connectivity index (χ2n) is 6.19. The average molecular weight is 370 g/mol. The van der Waals surface area contributed by atoms with Crippen molar-refractivity contribution in [3.05, 3.63) is 72.6 Å². The third-order valence-electron chi connectivity index (χ3n) is 4.47. The number of carbonyl (C=O) groups is 1. The zero-order valence-electron chi connectivity index (χ0n) is 15.5. The summed E-state index contributed by atoms with van der Waals surface area (Å²) in [5.74, 6) is 0.989. The Morgan fingerprint density at radius 2 is 1.79 bits per heavy atom. The van der Waals surface area contributed by atoms with Gasteiger partial charge in [0.1, 0.15) is 5.82 Å². The van der Waals surface area contributed by atoms with Crippen molar-refractivity contribution in [1.82, 2.24) is 15.0 Å². The van der Waals surface area contributed by atoms with Gasteiger partial charge in [-0.3, -0.25) is 4.98 Å². The smallest absolute Gasteiger partial charge is 0.337 e. The molecule has 0 aliphatic rings. The molecule has 0 spiro atoms. The molecule has 6 heteroatoms. The Balaban J connectivity index is 1.83. The first-order valence-electron chi connectivity index (χ1n) is 8.78. The maximum Gasteiger partial charge on any atom is 0.337 e. The second kappa shape index (κ2) is 7.44. The van der Waals surface area contributed by atoms with Crippen molar-refractivity contribution >= 4 is 22.7 Å². The molecule has 2 heterocycles. The lowest BCUT2D eigenvalue weighted by atomic mass is 10.0. The number of benzene rings is 2. The Morgan fingerprint density at radius 1 is 0.964 bits per heavy atom. The quantitative estimate of drug-likeness (QED) is 0.543. The van der Waals surface area contributed by atoms with Gasteiger partial charge in [-0.2, -0.15) is 0 Å². The number of methoxy groups -OCH3 is 1. The Bertz CT molecular complexity index is 1160. The number of carbonyl (C=O) groups excluding carboxylic acids is 1. The zero-order chi connectivity index (χ0) is 19.5. The first kappa shape index (κ1) is 17.6. The summed E-state index contributed by atoms with van der Waals surface area (Å²) in [7, 11) is 3.21. The Labute approximate surface area is 162 Å². The molecule has 0 radical (unpaired) electrons. The maximum atomic E-state index is 11.8. The van der Waals surface area contributed by atoms with E-state index in [0.29, 0.717) is 11.4 Å². The third-order valence-corrected chi connectivity index (χ3v) is 4.47. The van der Waals surface area contributed by atoms with Crippen LogP contribution < -0.4 is 5.32 Å². The molecule has 0 saturated carbocycles. The molecule has 0 bridgehead atoms. The molecule has 2 aromatic heterocycles. The predicted molar refractivity (Wildman–Crippen MR) is 109 cm³/mol. The molecule has 0 aliphatic carbocycles. The largest absolute Gasteiger partial charge is 0.465 e. The van der Waals surface area contributed by atoms with Gasteiger partial charge in [-0.25, -0.2) is 14.8 Å². The molecular formula is C22H18N4O2. The molecule has 4 rings (SSSR count). The van der Waals surface area contributed by atoms with Gasteiger partial charge in [-0.05, 0) is 47.5 Å². The van der Waals surface area contributed by atoms with Gasteiger partial charge in [0.05, 0.1) is 18.2 Å². The minimum Gasteiger partial charge on any atom is -0.465 e. The van der Waals surface area contributed by atoms with Crippen molar-refractivity contribution in [2.45, 2.75) is 0 Å². The van der Waals surface area contributed by atoms with Gasteiger partial charge < -0.3 is 10.1 Å². The molecule has 0 amide bonds. The van der Waals surface area contributed by atoms with Crippen LogP contribution in [0.4, 0.5) is 5.82 Å². The van der Waals surface area contributed by atoms with Crippen LogP contribution in [0.3, 0.4) is 0 Å². The number of esters is 1. The van der Waals surface area contributed by atoms with E-state index in [0.717, 1.165) is 33.4 Å². The number of rotatable bonds is 4. The SMILES string of the molecule is CNc1nc(-c2cccnc2)nc2ccc(-c3cccc(C(=O)OC)c3)cc12. The van der Waals surface area contributed by atoms with Crippen LogP contribution in [0.1, 0.15) is 10.4 Å². The Hall–Kier alpha value is -3.80. The van der Waals surface area contributed by atoms with Crippen molar-refractivity contribution in [2.24, 2.45) is 0 Å². The van der Waals surface area contributed by atoms with Crippen molar-refractivity contribution in [2.75, 3.05) is 19.5 Å². The number of nitrogens with one attached hydrogen (secondary N) is 1. The molecule has 0 saturated heterocycles. The number of hydrogen-bond donors (Lipinski definition) is 1. The van der Waals surface area contributed by atoms with E-state index in [1.165, 1.54) is 7.11 Å². The molecule has 0 aliphatic heterocycles. The number of hydrogen-bond acceptors (Lipinski definition) is 6. The molecule has 28 heavy (non-hydrogen) atoms. The lowest BCUT2D eigenvalue weighted by Gasteiger charge is -2.10. The molecular weight excluding hydrogens is 352 g/mol. The van der Waals surface area contributed by atoms with Crippen LogP contribution in [-0.2, 0) is 4.74 Å². The summed E-state index contributed by atoms with van der Waals surface area (Å²) in [6, 6.07) is 17.1. The van der Waals surface area contributed by atoms with Crippen molar-refractivity contribution in [1.29, 1.82) is 0 Å². The third kappa shape index (κ3) is 3.27. The van der Waals surface area contributed by atoms with Crippen LogP contribution in [0.2, 0.25) is 0 Å². The predicted octanol–water partition coefficient (Wildman–Crippen LogP) is 4.19. The first-order valence-corrected chi connectivity index (χ1v) is 8.78. The highest BCUT2D eigenvalue weighted by Gasteiger charge is 2.11. The minimum absolute atomic E-state index is 0.358. The average Bonchev–Trinajstić information content (AvgIpc) is 2.78. The fraction of sp³-hybridized carbons (Fsp3) is 0.0909. The molecule has 6 nitrogen and oxygen atoms in total. The summed E-state index contributed by atoms with van der Waals surface area (Å²) in [5.41, 5.74) is 4.08. The number of fused-ring (bicyclic) bond motifs is 1. The number of nitrogens with zero attached hydrogens (tertiary/aromatic N) is 3. The summed E-state index contributed by atoms with van der Waals surface area (Å²) in [5, 5.41) is 4.05. The summed E-state index contributed by atoms with van der Waals surface area (Å²) in [6.45, 7) is 0. The normalized spacial score (nSPS) is 10.6. The first-order chi connectivity index (χ1) is 13.7. The monoisotopic (exact) mass is 370 g/mol. The van der Waals surface area contributed by atoms with Gasteiger partial charge in [0.25, 0.3) is 0 Å². The highest BCUT2D eigenvalue weighted by Crippen LogP contribution is 2.29. The van der Waals surface area contributed by atoms with Gasteiger partial charge >= 0.3 is 5.97 Å². The topological polar surface area (TPSA) is 77.0 Å². The van der Waals surface area contributed by atoms with E-state index in [2.05, 4.69) is 20.3 Å². The van der Waals surface area contributed by atoms with E-state index in [1.807, 2.05) is 55.6 Å². The van der Waals surface area contributed by atoms with Crippen LogP contribution in [0.25, 0.3) is 33.4 Å². The number of ether oxygens (including phenoxy) is 1. The molecule has 0 fully saturated rings. The van der Waals surface area contributed by atoms with E-state index in [-0.39, 0.29) is 5.97 Å². The summed E-state index contributed by atoms with van der Waals surface area (Å²) in [4.78, 5) is 25.3. The maximum absolute atomic E-state index is 11.8. The van der Waals surface area contributed by atoms with Crippen LogP contribution in [-0.4, -0.2) is 35.1 Å². The van der Waals surface area contributed by atoms with E-state index < -0.39 is 0 Å². The molecule has 2 aromatic carbocycles. The second-order valence-corrected chi connectivity index (χ2v) is 6.19. The number of pyridine rings is 1. The summed E-state index contributed by atoms with van der Waals surface area (Å²) in [6.07, 6.45) is 3.46. The van der Waals surface area contributed by atoms with Gasteiger partial charge in [0, 0.05) is 30.4 Å². The zero-order valence-corrected chi connectivity index (χ0v) is 15.5. The lowest BCUT2D eigenvalue weighted by Crippen LogP contribution is -2.01. The van der Waals surface area contributed by atoms with Gasteiger partial charge in [-0.1, -0.05) is 18.2 Å². The summed E-state index contributed by atoms with van der Waals surface area (Å²) < 4.78 is 4.82. The number of anilines is 1. The Morgan fingerprint density at radius 3 is 2.54 bits per heavy atom. The molecule has 0 atom stereocenters. The molecule has 4 aromatic rings. The van der Waals surface area contributed by atoms with Crippen LogP contribution in [0.15, 0.2) is 67.0 Å². The van der Waals surface area contributed by atoms with Crippen LogP contribution >= 0.6 is 0 Å². The molecule has 0 unspecified atom stereocenters. The fourth-order valence-electron chi connectivity index (χ4n) is 3.07. The van der Waals surface area contributed by atoms with Gasteiger partial charge in [0.2, 0.25) is 0 Å². The van der Waals surface area contributed by atoms with E-state index in [4.69, 9.17) is 4.74 Å². The van der Waals surface area contributed by atoms with E-state index in [9.17, 15) is 4.79 Å². The Kier molecular flexibility index (Phi) is 4.68. The minimum atomic E-state index is -0.358. The van der Waals surface area contributed by atoms with E-state index >= 15 is 0 Å². The fourth-order valence-corrected chi connectivity index (χ4v) is 3.07. The van der Waals surface area contributed by atoms with Gasteiger partial charge in [0.15, 0.2) is 5.82 Å². The van der Waals surface area contributed by atoms with Crippen molar-refractivity contribution in [3.63, 3.8) is 0 Å². The summed E-state index contributed by atoms with van der Waals surface area (Å²) >= 11 is 0. The van der Waals surface area contributed by atoms with Gasteiger partial charge in [-0.15, -0.1) is 0 Å².